The molecular weight excluding hydrogens is 196 g/mol. The summed E-state index contributed by atoms with van der Waals surface area (Å²) < 4.78 is 0. The second-order valence-electron chi connectivity index (χ2n) is 3.90. The van der Waals surface area contributed by atoms with E-state index in [0.717, 1.165) is 12.1 Å². The van der Waals surface area contributed by atoms with Gasteiger partial charge in [0.2, 0.25) is 0 Å². The van der Waals surface area contributed by atoms with Crippen LogP contribution < -0.4 is 0 Å². The molecule has 78 valence electrons. The lowest BCUT2D eigenvalue weighted by Crippen LogP contribution is -1.86. The van der Waals surface area contributed by atoms with Gasteiger partial charge in [-0.1, -0.05) is 30.3 Å². The molecule has 2 heterocycles. The van der Waals surface area contributed by atoms with Crippen LogP contribution in [0.3, 0.4) is 0 Å². The van der Waals surface area contributed by atoms with E-state index in [2.05, 4.69) is 46.4 Å². The highest BCUT2D eigenvalue weighted by Gasteiger charge is 2.01. The molecule has 0 unspecified atom stereocenters. The summed E-state index contributed by atoms with van der Waals surface area (Å²) in [5.41, 5.74) is 3.49. The molecule has 1 N–H and O–H groups in total. The highest BCUT2D eigenvalue weighted by molar-refractivity contribution is 5.76. The SMILES string of the molecule is c1ccc(Cc2cc3cccnc3[nH]2)cc1. The minimum absolute atomic E-state index is 0.928. The summed E-state index contributed by atoms with van der Waals surface area (Å²) in [5, 5.41) is 1.17. The number of hydrogen-bond acceptors (Lipinski definition) is 1. The van der Waals surface area contributed by atoms with E-state index in [-0.39, 0.29) is 0 Å². The Morgan fingerprint density at radius 2 is 1.88 bits per heavy atom. The van der Waals surface area contributed by atoms with Gasteiger partial charge >= 0.3 is 0 Å². The van der Waals surface area contributed by atoms with Crippen molar-refractivity contribution < 1.29 is 0 Å². The van der Waals surface area contributed by atoms with Gasteiger partial charge in [-0.25, -0.2) is 4.98 Å². The number of hydrogen-bond donors (Lipinski definition) is 1. The van der Waals surface area contributed by atoms with Crippen LogP contribution in [0.4, 0.5) is 0 Å². The number of nitrogens with zero attached hydrogens (tertiary/aromatic N) is 1. The maximum absolute atomic E-state index is 4.29. The second-order valence-corrected chi connectivity index (χ2v) is 3.90. The van der Waals surface area contributed by atoms with Crippen LogP contribution in [0.1, 0.15) is 11.3 Å². The second kappa shape index (κ2) is 3.81. The minimum atomic E-state index is 0.928. The van der Waals surface area contributed by atoms with E-state index in [1.807, 2.05) is 18.3 Å². The number of aromatic nitrogens is 2. The van der Waals surface area contributed by atoms with E-state index in [9.17, 15) is 0 Å². The topological polar surface area (TPSA) is 28.7 Å². The molecule has 3 aromatic rings. The first kappa shape index (κ1) is 9.16. The summed E-state index contributed by atoms with van der Waals surface area (Å²) in [7, 11) is 0. The first-order valence-corrected chi connectivity index (χ1v) is 5.38. The number of nitrogens with one attached hydrogen (secondary N) is 1. The molecule has 0 saturated heterocycles. The molecule has 2 nitrogen and oxygen atoms in total. The van der Waals surface area contributed by atoms with Crippen molar-refractivity contribution in [1.82, 2.24) is 9.97 Å². The number of H-pyrrole nitrogens is 1. The fraction of sp³-hybridized carbons (Fsp3) is 0.0714. The highest BCUT2D eigenvalue weighted by atomic mass is 14.8. The van der Waals surface area contributed by atoms with E-state index >= 15 is 0 Å². The van der Waals surface area contributed by atoms with Crippen molar-refractivity contribution >= 4 is 11.0 Å². The standard InChI is InChI=1S/C14H12N2/c1-2-5-11(6-3-1)9-13-10-12-7-4-8-15-14(12)16-13/h1-8,10H,9H2,(H,15,16). The summed E-state index contributed by atoms with van der Waals surface area (Å²) in [5.74, 6) is 0. The molecule has 0 fully saturated rings. The predicted octanol–water partition coefficient (Wildman–Crippen LogP) is 3.15. The van der Waals surface area contributed by atoms with Gasteiger partial charge in [0, 0.05) is 23.7 Å². The minimum Gasteiger partial charge on any atom is -0.343 e. The highest BCUT2D eigenvalue weighted by Crippen LogP contribution is 2.15. The van der Waals surface area contributed by atoms with Crippen molar-refractivity contribution in [1.29, 1.82) is 0 Å². The lowest BCUT2D eigenvalue weighted by molar-refractivity contribution is 1.11. The molecule has 0 aliphatic carbocycles. The third-order valence-electron chi connectivity index (χ3n) is 2.69. The van der Waals surface area contributed by atoms with E-state index in [0.29, 0.717) is 0 Å². The monoisotopic (exact) mass is 208 g/mol. The van der Waals surface area contributed by atoms with Gasteiger partial charge in [0.05, 0.1) is 0 Å². The Morgan fingerprint density at radius 3 is 2.69 bits per heavy atom. The fourth-order valence-electron chi connectivity index (χ4n) is 1.93. The number of pyridine rings is 1. The van der Waals surface area contributed by atoms with Gasteiger partial charge in [-0.3, -0.25) is 0 Å². The van der Waals surface area contributed by atoms with Gasteiger partial charge in [0.25, 0.3) is 0 Å². The van der Waals surface area contributed by atoms with Crippen molar-refractivity contribution in [2.45, 2.75) is 6.42 Å². The molecule has 0 atom stereocenters. The molecule has 0 radical (unpaired) electrons. The van der Waals surface area contributed by atoms with Gasteiger partial charge in [0.15, 0.2) is 0 Å². The predicted molar refractivity (Wildman–Crippen MR) is 65.3 cm³/mol. The fourth-order valence-corrected chi connectivity index (χ4v) is 1.93. The summed E-state index contributed by atoms with van der Waals surface area (Å²) in [4.78, 5) is 7.62. The zero-order valence-electron chi connectivity index (χ0n) is 8.85. The average molecular weight is 208 g/mol. The summed E-state index contributed by atoms with van der Waals surface area (Å²) in [6, 6.07) is 16.6. The Labute approximate surface area is 94.0 Å². The normalized spacial score (nSPS) is 10.8. The van der Waals surface area contributed by atoms with Crippen molar-refractivity contribution in [3.8, 4) is 0 Å². The van der Waals surface area contributed by atoms with Crippen molar-refractivity contribution in [3.05, 3.63) is 66.0 Å². The Morgan fingerprint density at radius 1 is 1.00 bits per heavy atom. The van der Waals surface area contributed by atoms with Crippen LogP contribution in [0.15, 0.2) is 54.7 Å². The number of benzene rings is 1. The van der Waals surface area contributed by atoms with Crippen LogP contribution >= 0.6 is 0 Å². The third-order valence-corrected chi connectivity index (χ3v) is 2.69. The first-order chi connectivity index (χ1) is 7.92. The van der Waals surface area contributed by atoms with Crippen LogP contribution in [0.5, 0.6) is 0 Å². The van der Waals surface area contributed by atoms with Crippen molar-refractivity contribution in [2.75, 3.05) is 0 Å². The summed E-state index contributed by atoms with van der Waals surface area (Å²) in [6.07, 6.45) is 2.74. The molecule has 2 heteroatoms. The molecule has 0 amide bonds. The number of rotatable bonds is 2. The van der Waals surface area contributed by atoms with Gasteiger partial charge in [-0.2, -0.15) is 0 Å². The molecule has 2 aromatic heterocycles. The molecule has 0 spiro atoms. The molecular formula is C14H12N2. The van der Waals surface area contributed by atoms with Crippen LogP contribution in [-0.4, -0.2) is 9.97 Å². The first-order valence-electron chi connectivity index (χ1n) is 5.38. The number of fused-ring (bicyclic) bond motifs is 1. The Balaban J connectivity index is 1.95. The Hall–Kier alpha value is -2.09. The lowest BCUT2D eigenvalue weighted by Gasteiger charge is -1.97. The smallest absolute Gasteiger partial charge is 0.137 e. The summed E-state index contributed by atoms with van der Waals surface area (Å²) in [6.45, 7) is 0. The molecule has 0 bridgehead atoms. The molecule has 0 saturated carbocycles. The van der Waals surface area contributed by atoms with E-state index in [1.165, 1.54) is 16.6 Å². The maximum atomic E-state index is 4.29. The van der Waals surface area contributed by atoms with Crippen LogP contribution in [0.25, 0.3) is 11.0 Å². The van der Waals surface area contributed by atoms with Gasteiger partial charge in [0.1, 0.15) is 5.65 Å². The van der Waals surface area contributed by atoms with E-state index in [1.54, 1.807) is 0 Å². The quantitative estimate of drug-likeness (QED) is 0.688. The van der Waals surface area contributed by atoms with Gasteiger partial charge in [-0.05, 0) is 23.8 Å². The Bertz CT molecular complexity index is 563. The van der Waals surface area contributed by atoms with Crippen molar-refractivity contribution in [2.24, 2.45) is 0 Å². The molecule has 0 aliphatic heterocycles. The average Bonchev–Trinajstić information content (AvgIpc) is 2.72. The van der Waals surface area contributed by atoms with Gasteiger partial charge < -0.3 is 4.98 Å². The number of aromatic amines is 1. The van der Waals surface area contributed by atoms with Crippen LogP contribution in [-0.2, 0) is 6.42 Å². The lowest BCUT2D eigenvalue weighted by atomic mass is 10.1. The van der Waals surface area contributed by atoms with E-state index < -0.39 is 0 Å². The van der Waals surface area contributed by atoms with Crippen molar-refractivity contribution in [3.63, 3.8) is 0 Å². The van der Waals surface area contributed by atoms with Gasteiger partial charge in [-0.15, -0.1) is 0 Å². The zero-order valence-corrected chi connectivity index (χ0v) is 8.85. The molecule has 3 rings (SSSR count). The maximum Gasteiger partial charge on any atom is 0.137 e. The molecule has 0 aliphatic rings. The summed E-state index contributed by atoms with van der Waals surface area (Å²) >= 11 is 0. The molecule has 16 heavy (non-hydrogen) atoms. The molecule has 1 aromatic carbocycles. The zero-order chi connectivity index (χ0) is 10.8. The van der Waals surface area contributed by atoms with E-state index in [4.69, 9.17) is 0 Å². The largest absolute Gasteiger partial charge is 0.343 e. The Kier molecular flexibility index (Phi) is 2.18. The third kappa shape index (κ3) is 1.70. The van der Waals surface area contributed by atoms with Crippen LogP contribution in [0.2, 0.25) is 0 Å². The van der Waals surface area contributed by atoms with Crippen LogP contribution in [0, 0.1) is 0 Å².